The van der Waals surface area contributed by atoms with Gasteiger partial charge >= 0.3 is 6.43 Å². The van der Waals surface area contributed by atoms with Gasteiger partial charge in [-0.3, -0.25) is 4.79 Å². The highest BCUT2D eigenvalue weighted by Crippen LogP contribution is 2.23. The van der Waals surface area contributed by atoms with Gasteiger partial charge < -0.3 is 9.47 Å². The zero-order valence-electron chi connectivity index (χ0n) is 8.29. The van der Waals surface area contributed by atoms with Crippen LogP contribution in [0.4, 0.5) is 8.78 Å². The molecule has 5 heteroatoms. The average Bonchev–Trinajstić information content (AvgIpc) is 2.27. The summed E-state index contributed by atoms with van der Waals surface area (Å²) in [6.07, 6.45) is -3.03. The quantitative estimate of drug-likeness (QED) is 0.723. The molecular formula is C10H10F2O3. The van der Waals surface area contributed by atoms with Crippen molar-refractivity contribution in [2.24, 2.45) is 0 Å². The van der Waals surface area contributed by atoms with Crippen molar-refractivity contribution in [3.05, 3.63) is 23.8 Å². The predicted octanol–water partition coefficient (Wildman–Crippen LogP) is 2.15. The largest absolute Gasteiger partial charge is 0.497 e. The fraction of sp³-hybridized carbons (Fsp3) is 0.300. The van der Waals surface area contributed by atoms with Crippen LogP contribution < -0.4 is 9.47 Å². The number of benzene rings is 1. The highest BCUT2D eigenvalue weighted by Gasteiger charge is 2.19. The van der Waals surface area contributed by atoms with Crippen molar-refractivity contribution in [1.29, 1.82) is 0 Å². The Kier molecular flexibility index (Phi) is 3.60. The minimum absolute atomic E-state index is 0.124. The lowest BCUT2D eigenvalue weighted by molar-refractivity contribution is 0.0678. The second kappa shape index (κ2) is 4.72. The van der Waals surface area contributed by atoms with Crippen LogP contribution in [0, 0.1) is 0 Å². The number of hydrogen-bond acceptors (Lipinski definition) is 3. The summed E-state index contributed by atoms with van der Waals surface area (Å²) in [4.78, 5) is 11.0. The smallest absolute Gasteiger partial charge is 0.300 e. The first-order valence-electron chi connectivity index (χ1n) is 4.14. The Morgan fingerprint density at radius 3 is 1.93 bits per heavy atom. The maximum Gasteiger partial charge on any atom is 0.300 e. The predicted molar refractivity (Wildman–Crippen MR) is 49.9 cm³/mol. The second-order valence-corrected chi connectivity index (χ2v) is 2.77. The van der Waals surface area contributed by atoms with Gasteiger partial charge in [-0.25, -0.2) is 8.78 Å². The highest BCUT2D eigenvalue weighted by atomic mass is 19.3. The minimum atomic E-state index is -3.03. The van der Waals surface area contributed by atoms with Gasteiger partial charge in [0.05, 0.1) is 14.2 Å². The lowest BCUT2D eigenvalue weighted by Gasteiger charge is -2.07. The molecule has 0 saturated carbocycles. The molecule has 0 spiro atoms. The summed E-state index contributed by atoms with van der Waals surface area (Å²) in [5.74, 6) is -0.635. The standard InChI is InChI=1S/C10H10F2O3/c1-14-7-3-6(9(13)10(11)12)4-8(5-7)15-2/h3-5,10H,1-2H3. The van der Waals surface area contributed by atoms with E-state index in [1.807, 2.05) is 0 Å². The SMILES string of the molecule is COc1cc(OC)cc(C(=O)C(F)F)c1. The van der Waals surface area contributed by atoms with Crippen molar-refractivity contribution < 1.29 is 23.0 Å². The molecule has 0 aliphatic heterocycles. The van der Waals surface area contributed by atoms with E-state index in [0.29, 0.717) is 11.5 Å². The molecular weight excluding hydrogens is 206 g/mol. The van der Waals surface area contributed by atoms with Crippen LogP contribution in [0.5, 0.6) is 11.5 Å². The fourth-order valence-corrected chi connectivity index (χ4v) is 1.08. The topological polar surface area (TPSA) is 35.5 Å². The molecule has 0 unspecified atom stereocenters. The molecule has 0 amide bonds. The van der Waals surface area contributed by atoms with Gasteiger partial charge in [-0.1, -0.05) is 0 Å². The Labute approximate surface area is 85.6 Å². The molecule has 0 radical (unpaired) electrons. The number of carbonyl (C=O) groups excluding carboxylic acids is 1. The van der Waals surface area contributed by atoms with Gasteiger partial charge in [0.15, 0.2) is 0 Å². The van der Waals surface area contributed by atoms with Crippen LogP contribution in [-0.2, 0) is 0 Å². The average molecular weight is 216 g/mol. The third kappa shape index (κ3) is 2.65. The Bertz CT molecular complexity index is 341. The van der Waals surface area contributed by atoms with Crippen molar-refractivity contribution in [1.82, 2.24) is 0 Å². The van der Waals surface area contributed by atoms with E-state index in [1.165, 1.54) is 32.4 Å². The Hall–Kier alpha value is -1.65. The molecule has 0 N–H and O–H groups in total. The van der Waals surface area contributed by atoms with Crippen LogP contribution in [0.3, 0.4) is 0 Å². The monoisotopic (exact) mass is 216 g/mol. The number of ether oxygens (including phenoxy) is 2. The lowest BCUT2D eigenvalue weighted by Crippen LogP contribution is -2.10. The van der Waals surface area contributed by atoms with E-state index in [0.717, 1.165) is 0 Å². The summed E-state index contributed by atoms with van der Waals surface area (Å²) in [6.45, 7) is 0. The summed E-state index contributed by atoms with van der Waals surface area (Å²) in [6, 6.07) is 4.00. The molecule has 82 valence electrons. The van der Waals surface area contributed by atoms with Gasteiger partial charge in [0.1, 0.15) is 11.5 Å². The first kappa shape index (κ1) is 11.4. The molecule has 0 aromatic heterocycles. The summed E-state index contributed by atoms with van der Waals surface area (Å²) in [5.41, 5.74) is -0.124. The highest BCUT2D eigenvalue weighted by molar-refractivity contribution is 5.99. The van der Waals surface area contributed by atoms with Crippen LogP contribution in [0.15, 0.2) is 18.2 Å². The number of alkyl halides is 2. The van der Waals surface area contributed by atoms with E-state index in [9.17, 15) is 13.6 Å². The molecule has 0 saturated heterocycles. The first-order valence-corrected chi connectivity index (χ1v) is 4.14. The number of Topliss-reactive ketones (excluding diaryl/α,β-unsaturated/α-hetero) is 1. The van der Waals surface area contributed by atoms with Crippen LogP contribution >= 0.6 is 0 Å². The minimum Gasteiger partial charge on any atom is -0.497 e. The molecule has 0 atom stereocenters. The molecule has 1 rings (SSSR count). The van der Waals surface area contributed by atoms with E-state index in [2.05, 4.69) is 0 Å². The number of methoxy groups -OCH3 is 2. The first-order chi connectivity index (χ1) is 7.08. The third-order valence-electron chi connectivity index (χ3n) is 1.83. The molecule has 15 heavy (non-hydrogen) atoms. The van der Waals surface area contributed by atoms with Crippen LogP contribution in [0.2, 0.25) is 0 Å². The number of ketones is 1. The van der Waals surface area contributed by atoms with Gasteiger partial charge in [-0.05, 0) is 12.1 Å². The Morgan fingerprint density at radius 1 is 1.13 bits per heavy atom. The summed E-state index contributed by atoms with van der Waals surface area (Å²) in [7, 11) is 2.76. The second-order valence-electron chi connectivity index (χ2n) is 2.77. The summed E-state index contributed by atoms with van der Waals surface area (Å²) >= 11 is 0. The zero-order chi connectivity index (χ0) is 11.4. The molecule has 1 aromatic carbocycles. The van der Waals surface area contributed by atoms with Crippen LogP contribution in [0.25, 0.3) is 0 Å². The molecule has 0 fully saturated rings. The van der Waals surface area contributed by atoms with Gasteiger partial charge in [0, 0.05) is 11.6 Å². The molecule has 3 nitrogen and oxygen atoms in total. The van der Waals surface area contributed by atoms with Crippen molar-refractivity contribution in [3.63, 3.8) is 0 Å². The van der Waals surface area contributed by atoms with Crippen LogP contribution in [0.1, 0.15) is 10.4 Å². The number of carbonyl (C=O) groups is 1. The maximum atomic E-state index is 12.2. The van der Waals surface area contributed by atoms with Crippen LogP contribution in [-0.4, -0.2) is 26.4 Å². The molecule has 1 aromatic rings. The normalized spacial score (nSPS) is 10.2. The van der Waals surface area contributed by atoms with Gasteiger partial charge in [-0.15, -0.1) is 0 Å². The van der Waals surface area contributed by atoms with Crippen molar-refractivity contribution in [2.45, 2.75) is 6.43 Å². The van der Waals surface area contributed by atoms with E-state index in [1.54, 1.807) is 0 Å². The van der Waals surface area contributed by atoms with E-state index in [4.69, 9.17) is 9.47 Å². The molecule has 0 heterocycles. The maximum absolute atomic E-state index is 12.2. The Morgan fingerprint density at radius 2 is 1.60 bits per heavy atom. The number of hydrogen-bond donors (Lipinski definition) is 0. The van der Waals surface area contributed by atoms with Crippen molar-refractivity contribution >= 4 is 5.78 Å². The summed E-state index contributed by atoms with van der Waals surface area (Å²) in [5, 5.41) is 0. The van der Waals surface area contributed by atoms with Gasteiger partial charge in [0.25, 0.3) is 0 Å². The number of rotatable bonds is 4. The van der Waals surface area contributed by atoms with Crippen molar-refractivity contribution in [3.8, 4) is 11.5 Å². The lowest BCUT2D eigenvalue weighted by atomic mass is 10.1. The van der Waals surface area contributed by atoms with E-state index in [-0.39, 0.29) is 5.56 Å². The number of halogens is 2. The fourth-order valence-electron chi connectivity index (χ4n) is 1.08. The van der Waals surface area contributed by atoms with Gasteiger partial charge in [0.2, 0.25) is 5.78 Å². The summed E-state index contributed by atoms with van der Waals surface area (Å²) < 4.78 is 34.0. The van der Waals surface area contributed by atoms with E-state index < -0.39 is 12.2 Å². The zero-order valence-corrected chi connectivity index (χ0v) is 8.29. The van der Waals surface area contributed by atoms with Gasteiger partial charge in [-0.2, -0.15) is 0 Å². The molecule has 0 bridgehead atoms. The Balaban J connectivity index is 3.12. The molecule has 0 aliphatic carbocycles. The van der Waals surface area contributed by atoms with E-state index >= 15 is 0 Å². The van der Waals surface area contributed by atoms with Crippen molar-refractivity contribution in [2.75, 3.05) is 14.2 Å². The third-order valence-corrected chi connectivity index (χ3v) is 1.83. The molecule has 0 aliphatic rings.